The molecule has 18 heavy (non-hydrogen) atoms. The van der Waals surface area contributed by atoms with Gasteiger partial charge in [0.05, 0.1) is 10.6 Å². The Bertz CT molecular complexity index is 508. The molecule has 1 rings (SSSR count). The molecular weight excluding hydrogens is 258 g/mol. The average Bonchev–Trinajstić information content (AvgIpc) is 2.30. The molecule has 0 bridgehead atoms. The fourth-order valence-electron chi connectivity index (χ4n) is 1.43. The highest BCUT2D eigenvalue weighted by Crippen LogP contribution is 2.17. The fourth-order valence-corrected chi connectivity index (χ4v) is 2.67. The number of nitrogens with one attached hydrogen (secondary N) is 1. The largest absolute Gasteiger partial charge is 0.301 e. The summed E-state index contributed by atoms with van der Waals surface area (Å²) in [6, 6.07) is 5.22. The SMILES string of the molecule is CCN(CC)S(=O)(=O)Nc1ccc([N+](=O)[O-])cc1. The normalized spacial score (nSPS) is 11.5. The molecule has 7 nitrogen and oxygen atoms in total. The molecule has 0 radical (unpaired) electrons. The molecule has 100 valence electrons. The first-order valence-corrected chi connectivity index (χ1v) is 6.87. The first kappa shape index (κ1) is 14.4. The van der Waals surface area contributed by atoms with Gasteiger partial charge in [-0.3, -0.25) is 14.8 Å². The number of benzene rings is 1. The summed E-state index contributed by atoms with van der Waals surface area (Å²) in [6.07, 6.45) is 0. The molecule has 1 aromatic carbocycles. The van der Waals surface area contributed by atoms with Crippen molar-refractivity contribution in [1.82, 2.24) is 4.31 Å². The van der Waals surface area contributed by atoms with Gasteiger partial charge < -0.3 is 0 Å². The Morgan fingerprint density at radius 2 is 1.72 bits per heavy atom. The standard InChI is InChI=1S/C10H15N3O4S/c1-3-12(4-2)18(16,17)11-9-5-7-10(8-6-9)13(14)15/h5-8,11H,3-4H2,1-2H3. The maximum Gasteiger partial charge on any atom is 0.301 e. The molecule has 0 atom stereocenters. The van der Waals surface area contributed by atoms with Crippen LogP contribution < -0.4 is 4.72 Å². The van der Waals surface area contributed by atoms with E-state index in [0.717, 1.165) is 0 Å². The fraction of sp³-hybridized carbons (Fsp3) is 0.400. The highest BCUT2D eigenvalue weighted by molar-refractivity contribution is 7.90. The lowest BCUT2D eigenvalue weighted by Crippen LogP contribution is -2.35. The zero-order valence-electron chi connectivity index (χ0n) is 10.2. The van der Waals surface area contributed by atoms with Crippen molar-refractivity contribution in [2.45, 2.75) is 13.8 Å². The summed E-state index contributed by atoms with van der Waals surface area (Å²) in [4.78, 5) is 9.92. The van der Waals surface area contributed by atoms with E-state index in [1.165, 1.54) is 28.6 Å². The van der Waals surface area contributed by atoms with Gasteiger partial charge in [-0.05, 0) is 12.1 Å². The third kappa shape index (κ3) is 3.41. The summed E-state index contributed by atoms with van der Waals surface area (Å²) in [6.45, 7) is 4.19. The lowest BCUT2D eigenvalue weighted by molar-refractivity contribution is -0.384. The van der Waals surface area contributed by atoms with Gasteiger partial charge in [-0.1, -0.05) is 13.8 Å². The maximum atomic E-state index is 11.9. The first-order chi connectivity index (χ1) is 8.40. The number of anilines is 1. The van der Waals surface area contributed by atoms with Crippen LogP contribution in [0.25, 0.3) is 0 Å². The number of nitro benzene ring substituents is 1. The Balaban J connectivity index is 2.88. The number of nitro groups is 1. The minimum Gasteiger partial charge on any atom is -0.271 e. The van der Waals surface area contributed by atoms with E-state index in [9.17, 15) is 18.5 Å². The molecule has 0 amide bonds. The molecule has 1 aromatic rings. The number of rotatable bonds is 6. The predicted molar refractivity (Wildman–Crippen MR) is 68.6 cm³/mol. The Morgan fingerprint density at radius 3 is 2.11 bits per heavy atom. The summed E-state index contributed by atoms with van der Waals surface area (Å²) in [5.74, 6) is 0. The van der Waals surface area contributed by atoms with E-state index in [-0.39, 0.29) is 5.69 Å². The number of non-ortho nitro benzene ring substituents is 1. The van der Waals surface area contributed by atoms with Crippen LogP contribution in [-0.4, -0.2) is 30.7 Å². The minimum atomic E-state index is -3.60. The third-order valence-corrected chi connectivity index (χ3v) is 4.06. The highest BCUT2D eigenvalue weighted by atomic mass is 32.2. The van der Waals surface area contributed by atoms with Crippen molar-refractivity contribution in [1.29, 1.82) is 0 Å². The van der Waals surface area contributed by atoms with Crippen LogP contribution in [0.3, 0.4) is 0 Å². The second kappa shape index (κ2) is 5.78. The Kier molecular flexibility index (Phi) is 4.62. The van der Waals surface area contributed by atoms with Gasteiger partial charge in [0.2, 0.25) is 0 Å². The Hall–Kier alpha value is -1.67. The van der Waals surface area contributed by atoms with E-state index in [4.69, 9.17) is 0 Å². The van der Waals surface area contributed by atoms with Crippen LogP contribution in [0.4, 0.5) is 11.4 Å². The number of hydrogen-bond donors (Lipinski definition) is 1. The summed E-state index contributed by atoms with van der Waals surface area (Å²) >= 11 is 0. The van der Waals surface area contributed by atoms with E-state index >= 15 is 0 Å². The zero-order valence-corrected chi connectivity index (χ0v) is 11.0. The van der Waals surface area contributed by atoms with Crippen molar-refractivity contribution >= 4 is 21.6 Å². The van der Waals surface area contributed by atoms with Gasteiger partial charge >= 0.3 is 10.2 Å². The smallest absolute Gasteiger partial charge is 0.271 e. The van der Waals surface area contributed by atoms with Crippen LogP contribution >= 0.6 is 0 Å². The molecule has 0 spiro atoms. The van der Waals surface area contributed by atoms with Crippen LogP contribution in [0, 0.1) is 10.1 Å². The molecule has 0 unspecified atom stereocenters. The van der Waals surface area contributed by atoms with Gasteiger partial charge in [0, 0.05) is 25.2 Å². The molecule has 0 heterocycles. The van der Waals surface area contributed by atoms with Crippen LogP contribution in [0.2, 0.25) is 0 Å². The Labute approximate surface area is 106 Å². The molecule has 1 N–H and O–H groups in total. The molecule has 0 saturated heterocycles. The predicted octanol–water partition coefficient (Wildman–Crippen LogP) is 1.59. The molecule has 0 aromatic heterocycles. The second-order valence-electron chi connectivity index (χ2n) is 3.50. The zero-order chi connectivity index (χ0) is 13.8. The van der Waals surface area contributed by atoms with Gasteiger partial charge in [-0.25, -0.2) is 0 Å². The van der Waals surface area contributed by atoms with Crippen molar-refractivity contribution in [3.8, 4) is 0 Å². The van der Waals surface area contributed by atoms with Crippen LogP contribution in [0.5, 0.6) is 0 Å². The van der Waals surface area contributed by atoms with Gasteiger partial charge in [0.15, 0.2) is 0 Å². The van der Waals surface area contributed by atoms with Gasteiger partial charge in [-0.2, -0.15) is 12.7 Å². The summed E-state index contributed by atoms with van der Waals surface area (Å²) < 4.78 is 27.3. The monoisotopic (exact) mass is 273 g/mol. The van der Waals surface area contributed by atoms with Crippen molar-refractivity contribution in [2.24, 2.45) is 0 Å². The lowest BCUT2D eigenvalue weighted by Gasteiger charge is -2.19. The first-order valence-electron chi connectivity index (χ1n) is 5.43. The number of hydrogen-bond acceptors (Lipinski definition) is 4. The third-order valence-electron chi connectivity index (χ3n) is 2.37. The van der Waals surface area contributed by atoms with Crippen molar-refractivity contribution in [2.75, 3.05) is 17.8 Å². The molecule has 0 aliphatic carbocycles. The molecule has 0 aliphatic rings. The molecule has 0 aliphatic heterocycles. The van der Waals surface area contributed by atoms with E-state index < -0.39 is 15.1 Å². The van der Waals surface area contributed by atoms with Gasteiger partial charge in [0.25, 0.3) is 5.69 Å². The lowest BCUT2D eigenvalue weighted by atomic mass is 10.3. The molecule has 0 fully saturated rings. The van der Waals surface area contributed by atoms with Crippen molar-refractivity contribution in [3.63, 3.8) is 0 Å². The van der Waals surface area contributed by atoms with Gasteiger partial charge in [-0.15, -0.1) is 0 Å². The maximum absolute atomic E-state index is 11.9. The van der Waals surface area contributed by atoms with E-state index in [1.54, 1.807) is 13.8 Å². The summed E-state index contributed by atoms with van der Waals surface area (Å²) in [5, 5.41) is 10.5. The molecular formula is C10H15N3O4S. The quantitative estimate of drug-likeness (QED) is 0.629. The van der Waals surface area contributed by atoms with Crippen LogP contribution in [0.15, 0.2) is 24.3 Å². The van der Waals surface area contributed by atoms with E-state index in [1.807, 2.05) is 0 Å². The second-order valence-corrected chi connectivity index (χ2v) is 5.17. The van der Waals surface area contributed by atoms with Crippen molar-refractivity contribution in [3.05, 3.63) is 34.4 Å². The molecule has 0 saturated carbocycles. The Morgan fingerprint density at radius 1 is 1.22 bits per heavy atom. The minimum absolute atomic E-state index is 0.0826. The van der Waals surface area contributed by atoms with Crippen LogP contribution in [-0.2, 0) is 10.2 Å². The highest BCUT2D eigenvalue weighted by Gasteiger charge is 2.18. The summed E-state index contributed by atoms with van der Waals surface area (Å²) in [5.41, 5.74) is 0.216. The van der Waals surface area contributed by atoms with E-state index in [0.29, 0.717) is 18.8 Å². The van der Waals surface area contributed by atoms with E-state index in [2.05, 4.69) is 4.72 Å². The topological polar surface area (TPSA) is 92.6 Å². The van der Waals surface area contributed by atoms with Crippen molar-refractivity contribution < 1.29 is 13.3 Å². The summed E-state index contributed by atoms with van der Waals surface area (Å²) in [7, 11) is -3.60. The average molecular weight is 273 g/mol. The molecule has 8 heteroatoms. The number of nitrogens with zero attached hydrogens (tertiary/aromatic N) is 2. The van der Waals surface area contributed by atoms with Crippen LogP contribution in [0.1, 0.15) is 13.8 Å². The van der Waals surface area contributed by atoms with Gasteiger partial charge in [0.1, 0.15) is 0 Å².